The average molecular weight is 285 g/mol. The summed E-state index contributed by atoms with van der Waals surface area (Å²) in [6, 6.07) is 4.08. The quantitative estimate of drug-likeness (QED) is 0.908. The van der Waals surface area contributed by atoms with Gasteiger partial charge in [-0.3, -0.25) is 0 Å². The van der Waals surface area contributed by atoms with Gasteiger partial charge >= 0.3 is 0 Å². The molecule has 2 aromatic rings. The van der Waals surface area contributed by atoms with Gasteiger partial charge in [-0.1, -0.05) is 13.0 Å². The molecule has 0 radical (unpaired) electrons. The number of hydrogen-bond donors (Lipinski definition) is 2. The van der Waals surface area contributed by atoms with E-state index in [9.17, 15) is 5.11 Å². The van der Waals surface area contributed by atoms with Gasteiger partial charge in [-0.05, 0) is 36.5 Å². The zero-order chi connectivity index (χ0) is 15.0. The Morgan fingerprint density at radius 2 is 2.19 bits per heavy atom. The topological polar surface area (TPSA) is 50.1 Å². The summed E-state index contributed by atoms with van der Waals surface area (Å²) in [5.41, 5.74) is 3.70. The lowest BCUT2D eigenvalue weighted by Gasteiger charge is -2.15. The molecule has 21 heavy (non-hydrogen) atoms. The van der Waals surface area contributed by atoms with Crippen LogP contribution in [0.1, 0.15) is 47.8 Å². The lowest BCUT2D eigenvalue weighted by molar-refractivity contribution is 0.445. The SMILES string of the molecule is Cc1ccc(O)c2c1C(C)CC2NCCc1nccn1C. The highest BCUT2D eigenvalue weighted by Gasteiger charge is 2.31. The van der Waals surface area contributed by atoms with E-state index in [0.29, 0.717) is 11.7 Å². The molecule has 4 nitrogen and oxygen atoms in total. The zero-order valence-electron chi connectivity index (χ0n) is 12.9. The lowest BCUT2D eigenvalue weighted by Crippen LogP contribution is -2.23. The van der Waals surface area contributed by atoms with E-state index in [2.05, 4.69) is 28.7 Å². The van der Waals surface area contributed by atoms with Gasteiger partial charge < -0.3 is 15.0 Å². The van der Waals surface area contributed by atoms with Crippen molar-refractivity contribution in [3.8, 4) is 5.75 Å². The Labute approximate surface area is 125 Å². The molecular weight excluding hydrogens is 262 g/mol. The molecule has 1 aromatic carbocycles. The molecule has 0 saturated carbocycles. The molecule has 1 aliphatic carbocycles. The van der Waals surface area contributed by atoms with E-state index in [0.717, 1.165) is 30.8 Å². The van der Waals surface area contributed by atoms with Crippen LogP contribution in [0.25, 0.3) is 0 Å². The lowest BCUT2D eigenvalue weighted by atomic mass is 9.97. The summed E-state index contributed by atoms with van der Waals surface area (Å²) in [7, 11) is 2.02. The molecule has 0 amide bonds. The minimum atomic E-state index is 0.246. The number of imidazole rings is 1. The number of aromatic nitrogens is 2. The molecule has 0 aliphatic heterocycles. The molecule has 0 bridgehead atoms. The van der Waals surface area contributed by atoms with Crippen LogP contribution in [0.15, 0.2) is 24.5 Å². The molecule has 4 heteroatoms. The molecule has 0 spiro atoms. The number of nitrogens with zero attached hydrogens (tertiary/aromatic N) is 2. The van der Waals surface area contributed by atoms with Crippen molar-refractivity contribution >= 4 is 0 Å². The highest BCUT2D eigenvalue weighted by molar-refractivity contribution is 5.50. The van der Waals surface area contributed by atoms with Crippen LogP contribution in [-0.4, -0.2) is 21.2 Å². The highest BCUT2D eigenvalue weighted by atomic mass is 16.3. The molecule has 1 aromatic heterocycles. The van der Waals surface area contributed by atoms with Crippen molar-refractivity contribution in [3.63, 3.8) is 0 Å². The van der Waals surface area contributed by atoms with Crippen molar-refractivity contribution in [1.82, 2.24) is 14.9 Å². The van der Waals surface area contributed by atoms with Crippen LogP contribution in [0, 0.1) is 6.92 Å². The molecule has 2 atom stereocenters. The van der Waals surface area contributed by atoms with E-state index in [1.54, 1.807) is 0 Å². The first kappa shape index (κ1) is 14.1. The van der Waals surface area contributed by atoms with Gasteiger partial charge in [-0.25, -0.2) is 4.98 Å². The van der Waals surface area contributed by atoms with Gasteiger partial charge in [0.15, 0.2) is 0 Å². The maximum absolute atomic E-state index is 10.2. The van der Waals surface area contributed by atoms with Gasteiger partial charge in [-0.15, -0.1) is 0 Å². The second-order valence-electron chi connectivity index (χ2n) is 6.08. The number of aryl methyl sites for hydroxylation is 2. The van der Waals surface area contributed by atoms with Gasteiger partial charge in [0.25, 0.3) is 0 Å². The fourth-order valence-corrected chi connectivity index (χ4v) is 3.52. The summed E-state index contributed by atoms with van der Waals surface area (Å²) < 4.78 is 2.05. The van der Waals surface area contributed by atoms with E-state index in [-0.39, 0.29) is 6.04 Å². The van der Waals surface area contributed by atoms with Crippen LogP contribution in [0.5, 0.6) is 5.75 Å². The average Bonchev–Trinajstić information content (AvgIpc) is 3.00. The fourth-order valence-electron chi connectivity index (χ4n) is 3.52. The third-order valence-corrected chi connectivity index (χ3v) is 4.57. The minimum absolute atomic E-state index is 0.246. The Kier molecular flexibility index (Phi) is 3.72. The molecular formula is C17H23N3O. The number of phenols is 1. The first-order valence-electron chi connectivity index (χ1n) is 7.60. The van der Waals surface area contributed by atoms with E-state index in [4.69, 9.17) is 0 Å². The predicted molar refractivity (Wildman–Crippen MR) is 83.5 cm³/mol. The summed E-state index contributed by atoms with van der Waals surface area (Å²) in [4.78, 5) is 4.34. The second-order valence-corrected chi connectivity index (χ2v) is 6.08. The Balaban J connectivity index is 1.72. The van der Waals surface area contributed by atoms with Crippen molar-refractivity contribution in [1.29, 1.82) is 0 Å². The van der Waals surface area contributed by atoms with Crippen LogP contribution < -0.4 is 5.32 Å². The second kappa shape index (κ2) is 5.53. The molecule has 0 fully saturated rings. The first-order valence-corrected chi connectivity index (χ1v) is 7.60. The van der Waals surface area contributed by atoms with Crippen LogP contribution in [0.2, 0.25) is 0 Å². The summed E-state index contributed by atoms with van der Waals surface area (Å²) in [6.07, 6.45) is 5.75. The summed E-state index contributed by atoms with van der Waals surface area (Å²) >= 11 is 0. The van der Waals surface area contributed by atoms with Crippen LogP contribution in [0.4, 0.5) is 0 Å². The number of benzene rings is 1. The standard InChI is InChI=1S/C17H23N3O/c1-11-4-5-14(21)17-13(10-12(2)16(11)17)18-7-6-15-19-8-9-20(15)3/h4-5,8-9,12-13,18,21H,6-7,10H2,1-3H3. The van der Waals surface area contributed by atoms with Crippen LogP contribution in [-0.2, 0) is 13.5 Å². The van der Waals surface area contributed by atoms with Gasteiger partial charge in [0, 0.05) is 44.0 Å². The van der Waals surface area contributed by atoms with Crippen molar-refractivity contribution in [2.75, 3.05) is 6.54 Å². The zero-order valence-corrected chi connectivity index (χ0v) is 12.9. The predicted octanol–water partition coefficient (Wildman–Crippen LogP) is 2.81. The summed E-state index contributed by atoms with van der Waals surface area (Å²) in [6.45, 7) is 5.24. The van der Waals surface area contributed by atoms with Gasteiger partial charge in [0.05, 0.1) is 0 Å². The Bertz CT molecular complexity index is 647. The third kappa shape index (κ3) is 2.56. The molecule has 112 valence electrons. The van der Waals surface area contributed by atoms with Crippen molar-refractivity contribution in [2.45, 2.75) is 38.6 Å². The fraction of sp³-hybridized carbons (Fsp3) is 0.471. The Morgan fingerprint density at radius 1 is 1.38 bits per heavy atom. The first-order chi connectivity index (χ1) is 10.1. The third-order valence-electron chi connectivity index (χ3n) is 4.57. The number of nitrogens with one attached hydrogen (secondary N) is 1. The monoisotopic (exact) mass is 285 g/mol. The highest BCUT2D eigenvalue weighted by Crippen LogP contribution is 2.45. The van der Waals surface area contributed by atoms with E-state index in [1.165, 1.54) is 11.1 Å². The van der Waals surface area contributed by atoms with Gasteiger partial charge in [-0.2, -0.15) is 0 Å². The van der Waals surface area contributed by atoms with Crippen molar-refractivity contribution in [2.24, 2.45) is 7.05 Å². The molecule has 3 rings (SSSR count). The largest absolute Gasteiger partial charge is 0.508 e. The number of hydrogen-bond acceptors (Lipinski definition) is 3. The van der Waals surface area contributed by atoms with Gasteiger partial charge in [0.2, 0.25) is 0 Å². The normalized spacial score (nSPS) is 20.7. The van der Waals surface area contributed by atoms with Crippen LogP contribution >= 0.6 is 0 Å². The molecule has 0 saturated heterocycles. The minimum Gasteiger partial charge on any atom is -0.508 e. The number of fused-ring (bicyclic) bond motifs is 1. The van der Waals surface area contributed by atoms with E-state index >= 15 is 0 Å². The maximum Gasteiger partial charge on any atom is 0.120 e. The Hall–Kier alpha value is -1.81. The number of phenolic OH excluding ortho intramolecular Hbond substituents is 1. The summed E-state index contributed by atoms with van der Waals surface area (Å²) in [5, 5.41) is 13.8. The molecule has 2 N–H and O–H groups in total. The van der Waals surface area contributed by atoms with Gasteiger partial charge in [0.1, 0.15) is 11.6 Å². The maximum atomic E-state index is 10.2. The van der Waals surface area contributed by atoms with E-state index in [1.807, 2.05) is 31.6 Å². The summed E-state index contributed by atoms with van der Waals surface area (Å²) in [5.74, 6) is 2.01. The Morgan fingerprint density at radius 3 is 2.90 bits per heavy atom. The van der Waals surface area contributed by atoms with E-state index < -0.39 is 0 Å². The van der Waals surface area contributed by atoms with Crippen molar-refractivity contribution < 1.29 is 5.11 Å². The number of rotatable bonds is 4. The van der Waals surface area contributed by atoms with Crippen LogP contribution in [0.3, 0.4) is 0 Å². The van der Waals surface area contributed by atoms with Crippen molar-refractivity contribution in [3.05, 3.63) is 47.0 Å². The smallest absolute Gasteiger partial charge is 0.120 e. The number of aromatic hydroxyl groups is 1. The molecule has 1 aliphatic rings. The molecule has 2 unspecified atom stereocenters. The molecule has 1 heterocycles.